The molecule has 0 aromatic carbocycles. The number of carbonyl (C=O) groups excluding carboxylic acids is 1. The van der Waals surface area contributed by atoms with Gasteiger partial charge in [0.25, 0.3) is 0 Å². The molecule has 6 nitrogen and oxygen atoms in total. The number of nitrogens with zero attached hydrogens (tertiary/aromatic N) is 3. The normalized spacial score (nSPS) is 12.6. The Morgan fingerprint density at radius 2 is 1.83 bits per heavy atom. The summed E-state index contributed by atoms with van der Waals surface area (Å²) in [5.74, 6) is 1.64. The number of aliphatic hydroxyl groups is 1. The number of fused-ring (bicyclic) bond motifs is 1. The fraction of sp³-hybridized carbons (Fsp3) is 0.500. The summed E-state index contributed by atoms with van der Waals surface area (Å²) in [7, 11) is 0. The molecular weight excluding hydrogens is 378 g/mol. The largest absolute Gasteiger partial charge is 0.457 e. The number of aryl methyl sites for hydroxylation is 2. The van der Waals surface area contributed by atoms with Crippen LogP contribution in [0.3, 0.4) is 0 Å². The minimum absolute atomic E-state index is 0.0260. The highest BCUT2D eigenvalue weighted by molar-refractivity contribution is 5.96. The van der Waals surface area contributed by atoms with Gasteiger partial charge in [0.1, 0.15) is 23.7 Å². The molecule has 0 radical (unpaired) electrons. The van der Waals surface area contributed by atoms with Gasteiger partial charge < -0.3 is 9.52 Å². The zero-order valence-electron chi connectivity index (χ0n) is 19.3. The van der Waals surface area contributed by atoms with Crippen molar-refractivity contribution in [3.63, 3.8) is 0 Å². The van der Waals surface area contributed by atoms with E-state index in [0.29, 0.717) is 23.0 Å². The van der Waals surface area contributed by atoms with E-state index in [1.807, 2.05) is 29.2 Å². The van der Waals surface area contributed by atoms with Crippen LogP contribution < -0.4 is 4.90 Å². The van der Waals surface area contributed by atoms with E-state index in [2.05, 4.69) is 40.7 Å². The molecule has 0 fully saturated rings. The van der Waals surface area contributed by atoms with Crippen LogP contribution in [0.15, 0.2) is 28.7 Å². The number of hydrogen-bond acceptors (Lipinski definition) is 4. The highest BCUT2D eigenvalue weighted by atomic mass is 16.4. The highest BCUT2D eigenvalue weighted by Crippen LogP contribution is 2.40. The number of pyridine rings is 1. The van der Waals surface area contributed by atoms with Crippen LogP contribution >= 0.6 is 0 Å². The lowest BCUT2D eigenvalue weighted by atomic mass is 9.80. The fourth-order valence-corrected chi connectivity index (χ4v) is 4.71. The quantitative estimate of drug-likeness (QED) is 0.621. The lowest BCUT2D eigenvalue weighted by Crippen LogP contribution is -2.50. The van der Waals surface area contributed by atoms with Gasteiger partial charge in [-0.1, -0.05) is 20.8 Å². The van der Waals surface area contributed by atoms with Crippen molar-refractivity contribution in [3.05, 3.63) is 41.3 Å². The molecule has 0 atom stereocenters. The molecule has 0 aliphatic heterocycles. The van der Waals surface area contributed by atoms with Gasteiger partial charge in [-0.15, -0.1) is 0 Å². The van der Waals surface area contributed by atoms with Crippen molar-refractivity contribution < 1.29 is 14.3 Å². The highest BCUT2D eigenvalue weighted by Gasteiger charge is 2.38. The van der Waals surface area contributed by atoms with Crippen LogP contribution in [0.25, 0.3) is 17.1 Å². The molecule has 3 heterocycles. The van der Waals surface area contributed by atoms with Gasteiger partial charge in [-0.2, -0.15) is 0 Å². The molecule has 162 valence electrons. The standard InChI is InChI=1S/C24H33N3O3/c1-15-11-16(2)26-20(12-15)25-21(19-10-9-18(13-28)30-19)22(26)27(17(3)29)24(7,8)14-23(4,5)6/h9-12,28H,13-14H2,1-8H3. The summed E-state index contributed by atoms with van der Waals surface area (Å²) in [6.07, 6.45) is 0.803. The second-order valence-corrected chi connectivity index (χ2v) is 9.98. The summed E-state index contributed by atoms with van der Waals surface area (Å²) in [6, 6.07) is 7.62. The number of carbonyl (C=O) groups is 1. The van der Waals surface area contributed by atoms with Crippen LogP contribution in [0.1, 0.15) is 65.0 Å². The van der Waals surface area contributed by atoms with Crippen LogP contribution in [0, 0.1) is 19.3 Å². The lowest BCUT2D eigenvalue weighted by molar-refractivity contribution is -0.117. The van der Waals surface area contributed by atoms with Gasteiger partial charge >= 0.3 is 0 Å². The second kappa shape index (κ2) is 7.58. The van der Waals surface area contributed by atoms with E-state index >= 15 is 0 Å². The smallest absolute Gasteiger partial charge is 0.225 e. The Kier molecular flexibility index (Phi) is 5.58. The zero-order valence-corrected chi connectivity index (χ0v) is 19.3. The Hall–Kier alpha value is -2.60. The third-order valence-corrected chi connectivity index (χ3v) is 5.17. The molecule has 30 heavy (non-hydrogen) atoms. The number of hydrogen-bond donors (Lipinski definition) is 1. The van der Waals surface area contributed by atoms with E-state index in [-0.39, 0.29) is 17.9 Å². The predicted octanol–water partition coefficient (Wildman–Crippen LogP) is 5.27. The number of amides is 1. The van der Waals surface area contributed by atoms with Gasteiger partial charge in [-0.05, 0) is 69.4 Å². The number of anilines is 1. The first kappa shape index (κ1) is 22.1. The summed E-state index contributed by atoms with van der Waals surface area (Å²) in [5.41, 5.74) is 3.02. The first-order valence-electron chi connectivity index (χ1n) is 10.3. The monoisotopic (exact) mass is 411 g/mol. The molecule has 0 aliphatic rings. The third-order valence-electron chi connectivity index (χ3n) is 5.17. The van der Waals surface area contributed by atoms with Crippen molar-refractivity contribution in [1.29, 1.82) is 0 Å². The number of imidazole rings is 1. The third kappa shape index (κ3) is 4.15. The molecule has 0 saturated heterocycles. The molecule has 1 amide bonds. The lowest BCUT2D eigenvalue weighted by Gasteiger charge is -2.41. The summed E-state index contributed by atoms with van der Waals surface area (Å²) in [6.45, 7) is 16.2. The summed E-state index contributed by atoms with van der Waals surface area (Å²) in [4.78, 5) is 19.8. The Balaban J connectivity index is 2.35. The number of aliphatic hydroxyl groups excluding tert-OH is 1. The van der Waals surface area contributed by atoms with Crippen LogP contribution in [-0.2, 0) is 11.4 Å². The van der Waals surface area contributed by atoms with Gasteiger partial charge in [-0.25, -0.2) is 4.98 Å². The Labute approximate surface area is 178 Å². The topological polar surface area (TPSA) is 71.0 Å². The summed E-state index contributed by atoms with van der Waals surface area (Å²) >= 11 is 0. The Morgan fingerprint density at radius 3 is 2.37 bits per heavy atom. The van der Waals surface area contributed by atoms with Crippen molar-refractivity contribution in [1.82, 2.24) is 9.38 Å². The molecule has 3 aromatic rings. The van der Waals surface area contributed by atoms with Crippen molar-refractivity contribution in [2.24, 2.45) is 5.41 Å². The molecule has 0 unspecified atom stereocenters. The average Bonchev–Trinajstić information content (AvgIpc) is 3.16. The SMILES string of the molecule is CC(=O)N(c1c(-c2ccc(CO)o2)nc2cc(C)cc(C)n12)C(C)(C)CC(C)(C)C. The van der Waals surface area contributed by atoms with Gasteiger partial charge in [0.2, 0.25) is 5.91 Å². The number of rotatable bonds is 5. The molecular formula is C24H33N3O3. The number of aromatic nitrogens is 2. The average molecular weight is 412 g/mol. The predicted molar refractivity (Wildman–Crippen MR) is 120 cm³/mol. The van der Waals surface area contributed by atoms with E-state index in [4.69, 9.17) is 9.40 Å². The molecule has 0 saturated carbocycles. The van der Waals surface area contributed by atoms with Gasteiger partial charge in [0.05, 0.1) is 0 Å². The minimum Gasteiger partial charge on any atom is -0.457 e. The molecule has 3 rings (SSSR count). The van der Waals surface area contributed by atoms with E-state index in [1.165, 1.54) is 0 Å². The van der Waals surface area contributed by atoms with Gasteiger partial charge in [0, 0.05) is 18.2 Å². The first-order chi connectivity index (χ1) is 13.8. The first-order valence-corrected chi connectivity index (χ1v) is 10.3. The van der Waals surface area contributed by atoms with Crippen molar-refractivity contribution in [2.75, 3.05) is 4.90 Å². The minimum atomic E-state index is -0.460. The molecule has 1 N–H and O–H groups in total. The zero-order chi connectivity index (χ0) is 22.4. The van der Waals surface area contributed by atoms with Crippen LogP contribution in [0.4, 0.5) is 5.82 Å². The molecule has 0 aliphatic carbocycles. The maximum atomic E-state index is 13.1. The van der Waals surface area contributed by atoms with Gasteiger partial charge in [0.15, 0.2) is 11.6 Å². The van der Waals surface area contributed by atoms with E-state index in [0.717, 1.165) is 23.3 Å². The van der Waals surface area contributed by atoms with Gasteiger partial charge in [-0.3, -0.25) is 14.1 Å². The maximum absolute atomic E-state index is 13.1. The Bertz CT molecular complexity index is 1080. The fourth-order valence-electron chi connectivity index (χ4n) is 4.71. The van der Waals surface area contributed by atoms with Crippen molar-refractivity contribution in [2.45, 2.75) is 74.0 Å². The molecule has 6 heteroatoms. The molecule has 3 aromatic heterocycles. The van der Waals surface area contributed by atoms with E-state index in [9.17, 15) is 9.90 Å². The van der Waals surface area contributed by atoms with Crippen LogP contribution in [0.2, 0.25) is 0 Å². The molecule has 0 bridgehead atoms. The number of furan rings is 1. The van der Waals surface area contributed by atoms with E-state index < -0.39 is 5.54 Å². The summed E-state index contributed by atoms with van der Waals surface area (Å²) < 4.78 is 7.86. The molecule has 0 spiro atoms. The Morgan fingerprint density at radius 1 is 1.17 bits per heavy atom. The van der Waals surface area contributed by atoms with Crippen molar-refractivity contribution >= 4 is 17.4 Å². The van der Waals surface area contributed by atoms with Crippen LogP contribution in [-0.4, -0.2) is 25.9 Å². The van der Waals surface area contributed by atoms with Crippen molar-refractivity contribution in [3.8, 4) is 11.5 Å². The van der Waals surface area contributed by atoms with E-state index in [1.54, 1.807) is 19.1 Å². The second-order valence-electron chi connectivity index (χ2n) is 9.98. The van der Waals surface area contributed by atoms with Crippen LogP contribution in [0.5, 0.6) is 0 Å². The summed E-state index contributed by atoms with van der Waals surface area (Å²) in [5, 5.41) is 9.46. The maximum Gasteiger partial charge on any atom is 0.225 e.